The number of amides is 2. The smallest absolute Gasteiger partial charge is 0.250 e. The lowest BCUT2D eigenvalue weighted by atomic mass is 9.95. The number of rotatable bonds is 4. The summed E-state index contributed by atoms with van der Waals surface area (Å²) in [4.78, 5) is 32.6. The van der Waals surface area contributed by atoms with E-state index in [-0.39, 0.29) is 17.9 Å². The maximum absolute atomic E-state index is 13.6. The monoisotopic (exact) mass is 406 g/mol. The minimum absolute atomic E-state index is 0.0289. The van der Waals surface area contributed by atoms with Crippen LogP contribution in [-0.4, -0.2) is 59.4 Å². The van der Waals surface area contributed by atoms with Crippen LogP contribution in [0.3, 0.4) is 0 Å². The second-order valence-corrected chi connectivity index (χ2v) is 8.68. The van der Waals surface area contributed by atoms with Crippen LogP contribution in [0.2, 0.25) is 0 Å². The fraction of sp³-hybridized carbons (Fsp3) is 0.417. The number of piperazine rings is 1. The molecule has 0 bridgehead atoms. The average Bonchev–Trinajstić information content (AvgIpc) is 2.75. The maximum Gasteiger partial charge on any atom is 0.250 e. The fourth-order valence-corrected chi connectivity index (χ4v) is 4.34. The van der Waals surface area contributed by atoms with Crippen LogP contribution in [0.4, 0.5) is 11.4 Å². The molecular weight excluding hydrogens is 376 g/mol. The Hall–Kier alpha value is -2.70. The summed E-state index contributed by atoms with van der Waals surface area (Å²) in [6.45, 7) is 10.0. The molecule has 6 nitrogen and oxygen atoms in total. The molecule has 2 aromatic carbocycles. The van der Waals surface area contributed by atoms with E-state index in [1.807, 2.05) is 37.3 Å². The number of hydrogen-bond donors (Lipinski definition) is 1. The first kappa shape index (κ1) is 20.6. The molecule has 0 unspecified atom stereocenters. The molecular formula is C24H30N4O2. The molecule has 30 heavy (non-hydrogen) atoms. The largest absolute Gasteiger partial charge is 0.322 e. The molecule has 2 aliphatic rings. The van der Waals surface area contributed by atoms with E-state index < -0.39 is 5.54 Å². The van der Waals surface area contributed by atoms with Crippen LogP contribution < -0.4 is 10.2 Å². The molecule has 158 valence electrons. The van der Waals surface area contributed by atoms with Crippen LogP contribution in [-0.2, 0) is 16.1 Å². The van der Waals surface area contributed by atoms with Gasteiger partial charge >= 0.3 is 0 Å². The Morgan fingerprint density at radius 2 is 1.63 bits per heavy atom. The fourth-order valence-electron chi connectivity index (χ4n) is 4.34. The lowest BCUT2D eigenvalue weighted by Crippen LogP contribution is -2.63. The van der Waals surface area contributed by atoms with Gasteiger partial charge in [0.2, 0.25) is 11.8 Å². The number of nitrogens with one attached hydrogen (secondary N) is 1. The van der Waals surface area contributed by atoms with Crippen molar-refractivity contribution in [3.63, 3.8) is 0 Å². The van der Waals surface area contributed by atoms with E-state index in [4.69, 9.17) is 0 Å². The minimum atomic E-state index is -0.936. The first-order valence-corrected chi connectivity index (χ1v) is 10.6. The molecule has 1 saturated heterocycles. The highest BCUT2D eigenvalue weighted by Gasteiger charge is 2.45. The molecule has 0 radical (unpaired) electrons. The Kier molecular flexibility index (Phi) is 5.62. The zero-order valence-electron chi connectivity index (χ0n) is 18.0. The van der Waals surface area contributed by atoms with Gasteiger partial charge < -0.3 is 5.32 Å². The summed E-state index contributed by atoms with van der Waals surface area (Å²) in [5.74, 6) is -0.187. The number of anilines is 2. The zero-order chi connectivity index (χ0) is 21.3. The summed E-state index contributed by atoms with van der Waals surface area (Å²) < 4.78 is 0. The van der Waals surface area contributed by atoms with Gasteiger partial charge in [-0.05, 0) is 38.5 Å². The van der Waals surface area contributed by atoms with Crippen LogP contribution in [0.25, 0.3) is 0 Å². The zero-order valence-corrected chi connectivity index (χ0v) is 18.0. The van der Waals surface area contributed by atoms with Gasteiger partial charge in [-0.1, -0.05) is 42.5 Å². The Morgan fingerprint density at radius 1 is 1.00 bits per heavy atom. The molecule has 0 spiro atoms. The van der Waals surface area contributed by atoms with E-state index in [1.165, 1.54) is 5.56 Å². The summed E-state index contributed by atoms with van der Waals surface area (Å²) in [6.07, 6.45) is 0. The Labute approximate surface area is 178 Å². The SMILES string of the molecule is C[C@@H](C(=O)N1c2ccccc2NC(=O)C1(C)C)N1CCN(Cc2ccccc2)CC1. The third kappa shape index (κ3) is 3.85. The third-order valence-corrected chi connectivity index (χ3v) is 6.29. The Balaban J connectivity index is 1.45. The minimum Gasteiger partial charge on any atom is -0.322 e. The van der Waals surface area contributed by atoms with Gasteiger partial charge in [-0.2, -0.15) is 0 Å². The lowest BCUT2D eigenvalue weighted by molar-refractivity contribution is -0.129. The highest BCUT2D eigenvalue weighted by atomic mass is 16.2. The van der Waals surface area contributed by atoms with Crippen molar-refractivity contribution in [2.75, 3.05) is 36.4 Å². The van der Waals surface area contributed by atoms with Gasteiger partial charge in [0, 0.05) is 32.7 Å². The van der Waals surface area contributed by atoms with E-state index in [9.17, 15) is 9.59 Å². The number of nitrogens with zero attached hydrogens (tertiary/aromatic N) is 3. The lowest BCUT2D eigenvalue weighted by Gasteiger charge is -2.45. The number of hydrogen-bond acceptors (Lipinski definition) is 4. The summed E-state index contributed by atoms with van der Waals surface area (Å²) in [7, 11) is 0. The summed E-state index contributed by atoms with van der Waals surface area (Å²) in [5, 5.41) is 2.93. The number of para-hydroxylation sites is 2. The maximum atomic E-state index is 13.6. The summed E-state index contributed by atoms with van der Waals surface area (Å²) >= 11 is 0. The molecule has 1 N–H and O–H groups in total. The third-order valence-electron chi connectivity index (χ3n) is 6.29. The van der Waals surface area contributed by atoms with Crippen molar-refractivity contribution in [2.24, 2.45) is 0 Å². The van der Waals surface area contributed by atoms with E-state index in [2.05, 4.69) is 39.4 Å². The molecule has 6 heteroatoms. The number of carbonyl (C=O) groups excluding carboxylic acids is 2. The highest BCUT2D eigenvalue weighted by Crippen LogP contribution is 2.37. The van der Waals surface area contributed by atoms with Gasteiger partial charge in [0.1, 0.15) is 5.54 Å². The first-order valence-electron chi connectivity index (χ1n) is 10.6. The molecule has 0 aliphatic carbocycles. The van der Waals surface area contributed by atoms with Gasteiger partial charge in [-0.3, -0.25) is 24.3 Å². The molecule has 4 rings (SSSR count). The topological polar surface area (TPSA) is 55.9 Å². The van der Waals surface area contributed by atoms with Gasteiger partial charge in [-0.25, -0.2) is 0 Å². The van der Waals surface area contributed by atoms with Crippen molar-refractivity contribution in [3.05, 3.63) is 60.2 Å². The number of benzene rings is 2. The van der Waals surface area contributed by atoms with Crippen LogP contribution >= 0.6 is 0 Å². The Bertz CT molecular complexity index is 920. The predicted molar refractivity (Wildman–Crippen MR) is 119 cm³/mol. The second kappa shape index (κ2) is 8.20. The van der Waals surface area contributed by atoms with Crippen LogP contribution in [0.5, 0.6) is 0 Å². The van der Waals surface area contributed by atoms with E-state index in [1.54, 1.807) is 18.7 Å². The van der Waals surface area contributed by atoms with Crippen LogP contribution in [0.1, 0.15) is 26.3 Å². The average molecular weight is 407 g/mol. The second-order valence-electron chi connectivity index (χ2n) is 8.68. The molecule has 2 amide bonds. The number of fused-ring (bicyclic) bond motifs is 1. The molecule has 1 atom stereocenters. The van der Waals surface area contributed by atoms with Crippen molar-refractivity contribution in [1.82, 2.24) is 9.80 Å². The van der Waals surface area contributed by atoms with Crippen LogP contribution in [0, 0.1) is 0 Å². The van der Waals surface area contributed by atoms with E-state index in [0.29, 0.717) is 5.69 Å². The van der Waals surface area contributed by atoms with E-state index in [0.717, 1.165) is 38.4 Å². The van der Waals surface area contributed by atoms with E-state index >= 15 is 0 Å². The molecule has 1 fully saturated rings. The highest BCUT2D eigenvalue weighted by molar-refractivity contribution is 6.15. The molecule has 0 saturated carbocycles. The van der Waals surface area contributed by atoms with Gasteiger partial charge in [0.15, 0.2) is 0 Å². The normalized spacial score (nSPS) is 20.4. The van der Waals surface area contributed by atoms with Gasteiger partial charge in [0.25, 0.3) is 0 Å². The van der Waals surface area contributed by atoms with Crippen molar-refractivity contribution >= 4 is 23.2 Å². The first-order chi connectivity index (χ1) is 14.4. The molecule has 2 aromatic rings. The van der Waals surface area contributed by atoms with Crippen LogP contribution in [0.15, 0.2) is 54.6 Å². The van der Waals surface area contributed by atoms with Gasteiger partial charge in [-0.15, -0.1) is 0 Å². The number of carbonyl (C=O) groups is 2. The van der Waals surface area contributed by atoms with Crippen molar-refractivity contribution in [3.8, 4) is 0 Å². The van der Waals surface area contributed by atoms with Crippen molar-refractivity contribution < 1.29 is 9.59 Å². The standard InChI is InChI=1S/C24H30N4O2/c1-18(27-15-13-26(14-16-27)17-19-9-5-4-6-10-19)22(29)28-21-12-8-7-11-20(21)25-23(30)24(28,2)3/h4-12,18H,13-17H2,1-3H3,(H,25,30)/t18-/m0/s1. The Morgan fingerprint density at radius 3 is 2.33 bits per heavy atom. The van der Waals surface area contributed by atoms with Gasteiger partial charge in [0.05, 0.1) is 17.4 Å². The quantitative estimate of drug-likeness (QED) is 0.848. The van der Waals surface area contributed by atoms with Crippen molar-refractivity contribution in [1.29, 1.82) is 0 Å². The predicted octanol–water partition coefficient (Wildman–Crippen LogP) is 2.96. The summed E-state index contributed by atoms with van der Waals surface area (Å²) in [5.41, 5.74) is 1.83. The molecule has 2 heterocycles. The van der Waals surface area contributed by atoms with Crippen molar-refractivity contribution in [2.45, 2.75) is 38.9 Å². The molecule has 0 aromatic heterocycles. The summed E-state index contributed by atoms with van der Waals surface area (Å²) in [6, 6.07) is 17.7. The molecule has 2 aliphatic heterocycles.